The predicted molar refractivity (Wildman–Crippen MR) is 69.4 cm³/mol. The fourth-order valence-corrected chi connectivity index (χ4v) is 2.31. The quantitative estimate of drug-likeness (QED) is 0.775. The van der Waals surface area contributed by atoms with Gasteiger partial charge in [-0.3, -0.25) is 4.79 Å². The topological polar surface area (TPSA) is 70.7 Å². The Kier molecular flexibility index (Phi) is 3.15. The molecule has 0 atom stereocenters. The summed E-state index contributed by atoms with van der Waals surface area (Å²) in [5, 5.41) is 0. The van der Waals surface area contributed by atoms with E-state index in [4.69, 9.17) is 13.9 Å². The summed E-state index contributed by atoms with van der Waals surface area (Å²) in [4.78, 5) is 24.4. The molecule has 0 saturated heterocycles. The minimum absolute atomic E-state index is 0.0149. The molecule has 0 aromatic carbocycles. The Hall–Kier alpha value is -2.34. The summed E-state index contributed by atoms with van der Waals surface area (Å²) in [6.45, 7) is 1.33. The highest BCUT2D eigenvalue weighted by molar-refractivity contribution is 5.91. The van der Waals surface area contributed by atoms with Crippen LogP contribution in [0.15, 0.2) is 33.8 Å². The lowest BCUT2D eigenvalue weighted by atomic mass is 10.1. The maximum atomic E-state index is 12.5. The lowest BCUT2D eigenvalue weighted by Crippen LogP contribution is -2.29. The molecule has 6 nitrogen and oxygen atoms in total. The van der Waals surface area contributed by atoms with Crippen LogP contribution in [0.1, 0.15) is 16.1 Å². The molecule has 0 unspecified atom stereocenters. The molecule has 0 fully saturated rings. The van der Waals surface area contributed by atoms with Crippen molar-refractivity contribution in [3.63, 3.8) is 0 Å². The molecule has 0 radical (unpaired) electrons. The first kappa shape index (κ1) is 12.7. The average molecular weight is 275 g/mol. The van der Waals surface area contributed by atoms with Gasteiger partial charge in [0.05, 0.1) is 37.8 Å². The van der Waals surface area contributed by atoms with Gasteiger partial charge in [-0.1, -0.05) is 0 Å². The maximum absolute atomic E-state index is 12.5. The van der Waals surface area contributed by atoms with Gasteiger partial charge in [-0.25, -0.2) is 4.79 Å². The molecule has 2 aromatic rings. The summed E-state index contributed by atoms with van der Waals surface area (Å²) in [6.07, 6.45) is 3.19. The van der Waals surface area contributed by atoms with Crippen molar-refractivity contribution in [2.75, 3.05) is 13.7 Å². The van der Waals surface area contributed by atoms with E-state index in [1.54, 1.807) is 18.3 Å². The Balaban J connectivity index is 2.28. The van der Waals surface area contributed by atoms with E-state index in [1.807, 2.05) is 4.57 Å². The monoisotopic (exact) mass is 275 g/mol. The van der Waals surface area contributed by atoms with Gasteiger partial charge in [-0.15, -0.1) is 0 Å². The standard InChI is InChI=1S/C14H13NO5/c1-18-14(17)12-10-8-19-6-4-15(10)7-9(13(12)16)11-3-2-5-20-11/h2-3,5,7H,4,6,8H2,1H3. The van der Waals surface area contributed by atoms with Crippen LogP contribution in [-0.4, -0.2) is 24.3 Å². The van der Waals surface area contributed by atoms with Gasteiger partial charge in [0.25, 0.3) is 0 Å². The van der Waals surface area contributed by atoms with E-state index < -0.39 is 11.4 Å². The Morgan fingerprint density at radius 3 is 3.00 bits per heavy atom. The van der Waals surface area contributed by atoms with Crippen molar-refractivity contribution in [1.29, 1.82) is 0 Å². The molecule has 0 spiro atoms. The summed E-state index contributed by atoms with van der Waals surface area (Å²) in [5.41, 5.74) is 0.508. The fraction of sp³-hybridized carbons (Fsp3) is 0.286. The van der Waals surface area contributed by atoms with Crippen molar-refractivity contribution < 1.29 is 18.7 Å². The molecule has 0 bridgehead atoms. The SMILES string of the molecule is COC(=O)c1c2n(cc(-c3ccco3)c1=O)CCOC2. The zero-order valence-corrected chi connectivity index (χ0v) is 10.9. The van der Waals surface area contributed by atoms with Crippen LogP contribution in [0.5, 0.6) is 0 Å². The van der Waals surface area contributed by atoms with Crippen LogP contribution in [0.25, 0.3) is 11.3 Å². The van der Waals surface area contributed by atoms with E-state index in [0.717, 1.165) is 0 Å². The van der Waals surface area contributed by atoms with Gasteiger partial charge in [0.1, 0.15) is 11.3 Å². The smallest absolute Gasteiger partial charge is 0.343 e. The van der Waals surface area contributed by atoms with Crippen LogP contribution in [0.4, 0.5) is 0 Å². The second-order valence-electron chi connectivity index (χ2n) is 4.41. The number of nitrogens with zero attached hydrogens (tertiary/aromatic N) is 1. The third kappa shape index (κ3) is 1.94. The zero-order valence-electron chi connectivity index (χ0n) is 10.9. The molecule has 0 N–H and O–H groups in total. The third-order valence-electron chi connectivity index (χ3n) is 3.28. The molecule has 0 amide bonds. The van der Waals surface area contributed by atoms with Gasteiger partial charge >= 0.3 is 5.97 Å². The summed E-state index contributed by atoms with van der Waals surface area (Å²) in [5.74, 6) is -0.223. The molecular weight excluding hydrogens is 262 g/mol. The number of hydrogen-bond donors (Lipinski definition) is 0. The Morgan fingerprint density at radius 2 is 2.30 bits per heavy atom. The van der Waals surface area contributed by atoms with Gasteiger partial charge in [0, 0.05) is 12.7 Å². The van der Waals surface area contributed by atoms with Gasteiger partial charge in [0.2, 0.25) is 5.43 Å². The first-order valence-electron chi connectivity index (χ1n) is 6.18. The van der Waals surface area contributed by atoms with Crippen molar-refractivity contribution >= 4 is 5.97 Å². The minimum Gasteiger partial charge on any atom is -0.465 e. The molecular formula is C14H13NO5. The number of fused-ring (bicyclic) bond motifs is 1. The van der Waals surface area contributed by atoms with E-state index >= 15 is 0 Å². The normalized spacial score (nSPS) is 13.8. The van der Waals surface area contributed by atoms with Gasteiger partial charge in [-0.2, -0.15) is 0 Å². The van der Waals surface area contributed by atoms with Crippen LogP contribution in [0.2, 0.25) is 0 Å². The number of carbonyl (C=O) groups is 1. The highest BCUT2D eigenvalue weighted by Gasteiger charge is 2.25. The van der Waals surface area contributed by atoms with Crippen molar-refractivity contribution in [2.24, 2.45) is 0 Å². The first-order valence-corrected chi connectivity index (χ1v) is 6.18. The number of pyridine rings is 1. The summed E-state index contributed by atoms with van der Waals surface area (Å²) < 4.78 is 17.1. The lowest BCUT2D eigenvalue weighted by Gasteiger charge is -2.22. The van der Waals surface area contributed by atoms with Crippen LogP contribution in [-0.2, 0) is 22.6 Å². The van der Waals surface area contributed by atoms with Crippen LogP contribution in [0, 0.1) is 0 Å². The molecule has 3 heterocycles. The van der Waals surface area contributed by atoms with Crippen molar-refractivity contribution in [2.45, 2.75) is 13.2 Å². The maximum Gasteiger partial charge on any atom is 0.343 e. The van der Waals surface area contributed by atoms with Crippen molar-refractivity contribution in [1.82, 2.24) is 4.57 Å². The number of methoxy groups -OCH3 is 1. The minimum atomic E-state index is -0.655. The van der Waals surface area contributed by atoms with Crippen LogP contribution >= 0.6 is 0 Å². The van der Waals surface area contributed by atoms with E-state index in [9.17, 15) is 9.59 Å². The van der Waals surface area contributed by atoms with Gasteiger partial charge < -0.3 is 18.5 Å². The van der Waals surface area contributed by atoms with E-state index in [-0.39, 0.29) is 12.2 Å². The highest BCUT2D eigenvalue weighted by atomic mass is 16.5. The first-order chi connectivity index (χ1) is 9.72. The molecule has 20 heavy (non-hydrogen) atoms. The lowest BCUT2D eigenvalue weighted by molar-refractivity contribution is 0.0566. The van der Waals surface area contributed by atoms with Crippen molar-refractivity contribution in [3.8, 4) is 11.3 Å². The van der Waals surface area contributed by atoms with Gasteiger partial charge in [0.15, 0.2) is 0 Å². The molecule has 2 aromatic heterocycles. The highest BCUT2D eigenvalue weighted by Crippen LogP contribution is 2.21. The van der Waals surface area contributed by atoms with E-state index in [0.29, 0.717) is 30.2 Å². The number of rotatable bonds is 2. The van der Waals surface area contributed by atoms with Crippen molar-refractivity contribution in [3.05, 3.63) is 46.1 Å². The van der Waals surface area contributed by atoms with Crippen LogP contribution < -0.4 is 5.43 Å². The Labute approximate surface area is 114 Å². The summed E-state index contributed by atoms with van der Waals surface area (Å²) in [7, 11) is 1.25. The molecule has 0 aliphatic carbocycles. The number of furan rings is 1. The second-order valence-corrected chi connectivity index (χ2v) is 4.41. The summed E-state index contributed by atoms with van der Waals surface area (Å²) in [6, 6.07) is 3.38. The predicted octanol–water partition coefficient (Wildman–Crippen LogP) is 1.43. The summed E-state index contributed by atoms with van der Waals surface area (Å²) >= 11 is 0. The molecule has 1 aliphatic heterocycles. The van der Waals surface area contributed by atoms with E-state index in [1.165, 1.54) is 13.4 Å². The molecule has 1 aliphatic rings. The Bertz CT molecular complexity index is 699. The molecule has 0 saturated carbocycles. The molecule has 104 valence electrons. The zero-order chi connectivity index (χ0) is 14.1. The van der Waals surface area contributed by atoms with Crippen LogP contribution in [0.3, 0.4) is 0 Å². The largest absolute Gasteiger partial charge is 0.465 e. The number of aromatic nitrogens is 1. The number of ether oxygens (including phenoxy) is 2. The number of hydrogen-bond acceptors (Lipinski definition) is 5. The third-order valence-corrected chi connectivity index (χ3v) is 3.28. The van der Waals surface area contributed by atoms with E-state index in [2.05, 4.69) is 0 Å². The number of carbonyl (C=O) groups excluding carboxylic acids is 1. The Morgan fingerprint density at radius 1 is 1.45 bits per heavy atom. The second kappa shape index (κ2) is 4.97. The number of esters is 1. The molecule has 3 rings (SSSR count). The molecule has 6 heteroatoms. The fourth-order valence-electron chi connectivity index (χ4n) is 2.31. The van der Waals surface area contributed by atoms with Gasteiger partial charge in [-0.05, 0) is 12.1 Å². The average Bonchev–Trinajstić information content (AvgIpc) is 3.00.